The van der Waals surface area contributed by atoms with Crippen LogP contribution >= 0.6 is 0 Å². The molecule has 0 bridgehead atoms. The van der Waals surface area contributed by atoms with Crippen LogP contribution in [0.2, 0.25) is 0 Å². The molecule has 0 radical (unpaired) electrons. The molecule has 14 heavy (non-hydrogen) atoms. The first-order valence-corrected chi connectivity index (χ1v) is 4.24. The first-order chi connectivity index (χ1) is 6.83. The maximum absolute atomic E-state index is 10.8. The molecule has 1 rings (SSSR count). The van der Waals surface area contributed by atoms with Gasteiger partial charge < -0.3 is 15.1 Å². The van der Waals surface area contributed by atoms with Crippen LogP contribution in [0.3, 0.4) is 0 Å². The van der Waals surface area contributed by atoms with Crippen LogP contribution in [-0.4, -0.2) is 33.4 Å². The minimum Gasteiger partial charge on any atom is -0.411 e. The van der Waals surface area contributed by atoms with E-state index in [0.717, 1.165) is 19.2 Å². The predicted octanol–water partition coefficient (Wildman–Crippen LogP) is -0.151. The summed E-state index contributed by atoms with van der Waals surface area (Å²) in [4.78, 5) is 14.7. The number of amides is 1. The summed E-state index contributed by atoms with van der Waals surface area (Å²) in [7, 11) is 0. The van der Waals surface area contributed by atoms with Gasteiger partial charge in [0.2, 0.25) is 0 Å². The number of carbonyl (C=O) groups is 1. The SMILES string of the molecule is O=C(/C=N/O)NCCCn1ccnc1. The quantitative estimate of drug-likeness (QED) is 0.297. The minimum absolute atomic E-state index is 0.391. The van der Waals surface area contributed by atoms with E-state index in [-0.39, 0.29) is 0 Å². The van der Waals surface area contributed by atoms with Gasteiger partial charge in [-0.3, -0.25) is 4.79 Å². The number of nitrogens with zero attached hydrogens (tertiary/aromatic N) is 3. The van der Waals surface area contributed by atoms with Gasteiger partial charge in [-0.15, -0.1) is 0 Å². The zero-order valence-corrected chi connectivity index (χ0v) is 7.63. The Labute approximate surface area is 81.2 Å². The van der Waals surface area contributed by atoms with Crippen molar-refractivity contribution in [3.63, 3.8) is 0 Å². The molecule has 0 aliphatic heterocycles. The highest BCUT2D eigenvalue weighted by Gasteiger charge is 1.95. The van der Waals surface area contributed by atoms with Gasteiger partial charge in [0.25, 0.3) is 5.91 Å². The molecule has 0 saturated carbocycles. The molecule has 76 valence electrons. The molecule has 1 aromatic heterocycles. The van der Waals surface area contributed by atoms with Crippen molar-refractivity contribution in [2.75, 3.05) is 6.54 Å². The number of hydrogen-bond acceptors (Lipinski definition) is 4. The molecule has 0 fully saturated rings. The Hall–Kier alpha value is -1.85. The summed E-state index contributed by atoms with van der Waals surface area (Å²) in [5.74, 6) is -0.391. The van der Waals surface area contributed by atoms with Crippen molar-refractivity contribution in [1.29, 1.82) is 0 Å². The van der Waals surface area contributed by atoms with Gasteiger partial charge in [-0.25, -0.2) is 4.98 Å². The van der Waals surface area contributed by atoms with Crippen LogP contribution in [0.1, 0.15) is 6.42 Å². The average Bonchev–Trinajstić information content (AvgIpc) is 2.65. The third-order valence-corrected chi connectivity index (χ3v) is 1.63. The largest absolute Gasteiger partial charge is 0.411 e. The molecule has 6 nitrogen and oxygen atoms in total. The first kappa shape index (κ1) is 10.2. The Morgan fingerprint density at radius 1 is 1.71 bits per heavy atom. The molecular weight excluding hydrogens is 184 g/mol. The van der Waals surface area contributed by atoms with Crippen LogP contribution in [0.4, 0.5) is 0 Å². The lowest BCUT2D eigenvalue weighted by Crippen LogP contribution is -2.25. The zero-order valence-electron chi connectivity index (χ0n) is 7.63. The monoisotopic (exact) mass is 196 g/mol. The van der Waals surface area contributed by atoms with Gasteiger partial charge in [0.05, 0.1) is 6.33 Å². The van der Waals surface area contributed by atoms with Gasteiger partial charge in [-0.05, 0) is 6.42 Å². The first-order valence-electron chi connectivity index (χ1n) is 4.24. The third-order valence-electron chi connectivity index (χ3n) is 1.63. The molecule has 0 atom stereocenters. The van der Waals surface area contributed by atoms with Gasteiger partial charge in [0.15, 0.2) is 0 Å². The van der Waals surface area contributed by atoms with Crippen molar-refractivity contribution in [3.8, 4) is 0 Å². The predicted molar refractivity (Wildman–Crippen MR) is 50.1 cm³/mol. The van der Waals surface area contributed by atoms with Gasteiger partial charge in [0.1, 0.15) is 6.21 Å². The molecule has 0 aromatic carbocycles. The van der Waals surface area contributed by atoms with E-state index in [2.05, 4.69) is 15.5 Å². The van der Waals surface area contributed by atoms with Gasteiger partial charge in [0, 0.05) is 25.5 Å². The summed E-state index contributed by atoms with van der Waals surface area (Å²) in [6.45, 7) is 1.35. The molecule has 0 unspecified atom stereocenters. The molecule has 0 aliphatic carbocycles. The summed E-state index contributed by atoms with van der Waals surface area (Å²) in [6, 6.07) is 0. The van der Waals surface area contributed by atoms with E-state index < -0.39 is 5.91 Å². The Morgan fingerprint density at radius 3 is 3.21 bits per heavy atom. The smallest absolute Gasteiger partial charge is 0.265 e. The highest BCUT2D eigenvalue weighted by molar-refractivity contribution is 6.25. The lowest BCUT2D eigenvalue weighted by Gasteiger charge is -2.02. The maximum Gasteiger partial charge on any atom is 0.265 e. The number of carbonyl (C=O) groups excluding carboxylic acids is 1. The fourth-order valence-corrected chi connectivity index (χ4v) is 0.990. The Bertz CT molecular complexity index is 294. The number of rotatable bonds is 5. The van der Waals surface area contributed by atoms with Crippen LogP contribution in [0.25, 0.3) is 0 Å². The van der Waals surface area contributed by atoms with Crippen molar-refractivity contribution in [2.45, 2.75) is 13.0 Å². The Morgan fingerprint density at radius 2 is 2.57 bits per heavy atom. The van der Waals surface area contributed by atoms with E-state index in [1.165, 1.54) is 0 Å². The van der Waals surface area contributed by atoms with Gasteiger partial charge in [-0.1, -0.05) is 5.16 Å². The van der Waals surface area contributed by atoms with E-state index in [4.69, 9.17) is 5.21 Å². The van der Waals surface area contributed by atoms with Gasteiger partial charge >= 0.3 is 0 Å². The number of aromatic nitrogens is 2. The minimum atomic E-state index is -0.391. The summed E-state index contributed by atoms with van der Waals surface area (Å²) < 4.78 is 1.92. The average molecular weight is 196 g/mol. The number of oxime groups is 1. The van der Waals surface area contributed by atoms with Gasteiger partial charge in [-0.2, -0.15) is 0 Å². The molecule has 0 saturated heterocycles. The van der Waals surface area contributed by atoms with E-state index in [0.29, 0.717) is 6.54 Å². The van der Waals surface area contributed by atoms with Crippen LogP contribution in [-0.2, 0) is 11.3 Å². The molecule has 1 heterocycles. The Balaban J connectivity index is 2.08. The zero-order chi connectivity index (χ0) is 10.2. The van der Waals surface area contributed by atoms with Crippen LogP contribution in [0, 0.1) is 0 Å². The lowest BCUT2D eigenvalue weighted by atomic mass is 10.4. The molecule has 6 heteroatoms. The lowest BCUT2D eigenvalue weighted by molar-refractivity contribution is -0.114. The second-order valence-electron chi connectivity index (χ2n) is 2.69. The number of hydrogen-bond donors (Lipinski definition) is 2. The molecule has 0 aliphatic rings. The van der Waals surface area contributed by atoms with Crippen molar-refractivity contribution >= 4 is 12.1 Å². The molecule has 0 spiro atoms. The summed E-state index contributed by atoms with van der Waals surface area (Å²) in [5, 5.41) is 13.2. The van der Waals surface area contributed by atoms with Crippen LogP contribution in [0.15, 0.2) is 23.9 Å². The molecule has 1 amide bonds. The van der Waals surface area contributed by atoms with E-state index in [1.807, 2.05) is 10.8 Å². The molecular formula is C8H12N4O2. The molecule has 1 aromatic rings. The maximum atomic E-state index is 10.8. The summed E-state index contributed by atoms with van der Waals surface area (Å²) >= 11 is 0. The van der Waals surface area contributed by atoms with E-state index in [9.17, 15) is 4.79 Å². The standard InChI is InChI=1S/C8H12N4O2/c13-8(6-11-14)10-2-1-4-12-5-3-9-7-12/h3,5-7,14H,1-2,4H2,(H,10,13)/b11-6+. The fourth-order valence-electron chi connectivity index (χ4n) is 0.990. The van der Waals surface area contributed by atoms with Crippen molar-refractivity contribution < 1.29 is 10.0 Å². The third kappa shape index (κ3) is 3.70. The Kier molecular flexibility index (Phi) is 4.19. The second kappa shape index (κ2) is 5.74. The number of nitrogens with one attached hydrogen (secondary N) is 1. The summed E-state index contributed by atoms with van der Waals surface area (Å²) in [6.07, 6.45) is 6.92. The van der Waals surface area contributed by atoms with Crippen molar-refractivity contribution in [1.82, 2.24) is 14.9 Å². The number of aryl methyl sites for hydroxylation is 1. The second-order valence-corrected chi connectivity index (χ2v) is 2.69. The highest BCUT2D eigenvalue weighted by atomic mass is 16.4. The van der Waals surface area contributed by atoms with Crippen molar-refractivity contribution in [3.05, 3.63) is 18.7 Å². The van der Waals surface area contributed by atoms with E-state index >= 15 is 0 Å². The highest BCUT2D eigenvalue weighted by Crippen LogP contribution is 1.88. The summed E-state index contributed by atoms with van der Waals surface area (Å²) in [5.41, 5.74) is 0. The molecule has 2 N–H and O–H groups in total. The van der Waals surface area contributed by atoms with Crippen LogP contribution in [0.5, 0.6) is 0 Å². The van der Waals surface area contributed by atoms with Crippen molar-refractivity contribution in [2.24, 2.45) is 5.16 Å². The fraction of sp³-hybridized carbons (Fsp3) is 0.375. The van der Waals surface area contributed by atoms with E-state index in [1.54, 1.807) is 12.5 Å². The topological polar surface area (TPSA) is 79.5 Å². The van der Waals surface area contributed by atoms with Crippen LogP contribution < -0.4 is 5.32 Å². The number of imidazole rings is 1. The normalized spacial score (nSPS) is 10.6.